The molecule has 3 rings (SSSR count). The fourth-order valence-electron chi connectivity index (χ4n) is 2.73. The zero-order chi connectivity index (χ0) is 18.4. The Morgan fingerprint density at radius 2 is 2.12 bits per heavy atom. The van der Waals surface area contributed by atoms with Gasteiger partial charge in [0.1, 0.15) is 10.8 Å². The molecule has 0 radical (unpaired) electrons. The van der Waals surface area contributed by atoms with Crippen LogP contribution in [-0.4, -0.2) is 46.6 Å². The number of aryl methyl sites for hydroxylation is 1. The summed E-state index contributed by atoms with van der Waals surface area (Å²) in [5, 5.41) is 4.47. The van der Waals surface area contributed by atoms with E-state index in [0.717, 1.165) is 43.8 Å². The van der Waals surface area contributed by atoms with Gasteiger partial charge < -0.3 is 14.2 Å². The molecule has 2 aromatic rings. The molecule has 1 fully saturated rings. The van der Waals surface area contributed by atoms with Gasteiger partial charge in [-0.2, -0.15) is 0 Å². The summed E-state index contributed by atoms with van der Waals surface area (Å²) in [6.07, 6.45) is 4.77. The van der Waals surface area contributed by atoms with Gasteiger partial charge in [0.15, 0.2) is 6.61 Å². The highest BCUT2D eigenvalue weighted by molar-refractivity contribution is 7.98. The van der Waals surface area contributed by atoms with Gasteiger partial charge >= 0.3 is 5.97 Å². The van der Waals surface area contributed by atoms with E-state index in [4.69, 9.17) is 9.26 Å². The van der Waals surface area contributed by atoms with E-state index in [2.05, 4.69) is 10.1 Å². The molecule has 138 valence electrons. The zero-order valence-corrected chi connectivity index (χ0v) is 15.5. The average Bonchev–Trinajstić information content (AvgIpc) is 3.10. The summed E-state index contributed by atoms with van der Waals surface area (Å²) in [4.78, 5) is 30.5. The lowest BCUT2D eigenvalue weighted by molar-refractivity contribution is -0.135. The van der Waals surface area contributed by atoms with Crippen LogP contribution in [0.2, 0.25) is 0 Å². The Labute approximate surface area is 156 Å². The predicted octanol–water partition coefficient (Wildman–Crippen LogP) is 2.84. The molecule has 3 heterocycles. The van der Waals surface area contributed by atoms with Crippen molar-refractivity contribution in [2.75, 3.05) is 19.7 Å². The van der Waals surface area contributed by atoms with Crippen LogP contribution in [0.1, 0.15) is 41.1 Å². The van der Waals surface area contributed by atoms with Gasteiger partial charge in [-0.3, -0.25) is 4.79 Å². The Balaban J connectivity index is 1.57. The van der Waals surface area contributed by atoms with Crippen LogP contribution in [0, 0.1) is 6.92 Å². The summed E-state index contributed by atoms with van der Waals surface area (Å²) >= 11 is 1.37. The fraction of sp³-hybridized carbons (Fsp3) is 0.444. The third-order valence-corrected chi connectivity index (χ3v) is 5.10. The minimum atomic E-state index is -0.540. The molecule has 0 N–H and O–H groups in total. The van der Waals surface area contributed by atoms with E-state index in [1.165, 1.54) is 11.8 Å². The fourth-order valence-corrected chi connectivity index (χ4v) is 3.59. The number of thioether (sulfide) groups is 1. The maximum absolute atomic E-state index is 12.4. The van der Waals surface area contributed by atoms with Gasteiger partial charge in [-0.25, -0.2) is 9.78 Å². The van der Waals surface area contributed by atoms with E-state index in [-0.39, 0.29) is 12.5 Å². The van der Waals surface area contributed by atoms with Crippen LogP contribution >= 0.6 is 11.8 Å². The Morgan fingerprint density at radius 1 is 1.31 bits per heavy atom. The van der Waals surface area contributed by atoms with Crippen molar-refractivity contribution in [3.63, 3.8) is 0 Å². The molecule has 2 aromatic heterocycles. The lowest BCUT2D eigenvalue weighted by atomic mass is 10.1. The number of hydrogen-bond acceptors (Lipinski definition) is 7. The summed E-state index contributed by atoms with van der Waals surface area (Å²) in [5.74, 6) is 0.579. The Morgan fingerprint density at radius 3 is 2.85 bits per heavy atom. The highest BCUT2D eigenvalue weighted by atomic mass is 32.2. The predicted molar refractivity (Wildman–Crippen MR) is 95.8 cm³/mol. The van der Waals surface area contributed by atoms with Crippen molar-refractivity contribution in [2.45, 2.75) is 37.0 Å². The molecule has 26 heavy (non-hydrogen) atoms. The van der Waals surface area contributed by atoms with Crippen LogP contribution in [0.4, 0.5) is 0 Å². The lowest BCUT2D eigenvalue weighted by Gasteiger charge is -2.26. The number of nitrogens with zero attached hydrogens (tertiary/aromatic N) is 3. The third kappa shape index (κ3) is 4.85. The first-order chi connectivity index (χ1) is 12.6. The topological polar surface area (TPSA) is 85.5 Å². The van der Waals surface area contributed by atoms with Gasteiger partial charge in [0.25, 0.3) is 5.91 Å². The van der Waals surface area contributed by atoms with Gasteiger partial charge in [-0.15, -0.1) is 0 Å². The number of likely N-dealkylation sites (tertiary alicyclic amines) is 1. The molecular weight excluding hydrogens is 354 g/mol. The van der Waals surface area contributed by atoms with E-state index in [1.54, 1.807) is 23.2 Å². The first kappa shape index (κ1) is 18.4. The summed E-state index contributed by atoms with van der Waals surface area (Å²) in [6.45, 7) is 3.06. The number of carbonyl (C=O) groups excluding carboxylic acids is 2. The minimum Gasteiger partial charge on any atom is -0.452 e. The van der Waals surface area contributed by atoms with Crippen molar-refractivity contribution in [3.05, 3.63) is 41.4 Å². The molecule has 1 aliphatic heterocycles. The quantitative estimate of drug-likeness (QED) is 0.567. The van der Waals surface area contributed by atoms with Crippen LogP contribution in [-0.2, 0) is 15.3 Å². The number of esters is 1. The molecule has 1 amide bonds. The van der Waals surface area contributed by atoms with E-state index >= 15 is 0 Å². The second-order valence-electron chi connectivity index (χ2n) is 6.09. The van der Waals surface area contributed by atoms with Gasteiger partial charge in [-0.05, 0) is 38.3 Å². The molecule has 0 saturated carbocycles. The number of aromatic nitrogens is 2. The first-order valence-corrected chi connectivity index (χ1v) is 9.57. The average molecular weight is 375 g/mol. The molecule has 1 aliphatic rings. The number of hydrogen-bond donors (Lipinski definition) is 0. The lowest BCUT2D eigenvalue weighted by Crippen LogP contribution is -2.38. The van der Waals surface area contributed by atoms with Crippen LogP contribution in [0.3, 0.4) is 0 Å². The molecule has 0 unspecified atom stereocenters. The molecular formula is C18H21N3O4S. The van der Waals surface area contributed by atoms with E-state index in [0.29, 0.717) is 16.3 Å². The van der Waals surface area contributed by atoms with Crippen molar-refractivity contribution in [3.8, 4) is 0 Å². The van der Waals surface area contributed by atoms with Crippen molar-refractivity contribution in [1.29, 1.82) is 0 Å². The molecule has 1 saturated heterocycles. The zero-order valence-electron chi connectivity index (χ0n) is 14.6. The summed E-state index contributed by atoms with van der Waals surface area (Å²) in [5.41, 5.74) is 1.13. The normalized spacial score (nSPS) is 14.3. The molecule has 0 aliphatic carbocycles. The van der Waals surface area contributed by atoms with Crippen molar-refractivity contribution in [2.24, 2.45) is 0 Å². The van der Waals surface area contributed by atoms with E-state index in [9.17, 15) is 9.59 Å². The van der Waals surface area contributed by atoms with Gasteiger partial charge in [0, 0.05) is 31.1 Å². The summed E-state index contributed by atoms with van der Waals surface area (Å²) < 4.78 is 10.3. The highest BCUT2D eigenvalue weighted by Crippen LogP contribution is 2.24. The maximum atomic E-state index is 12.4. The van der Waals surface area contributed by atoms with Crippen molar-refractivity contribution >= 4 is 23.6 Å². The molecule has 0 aromatic carbocycles. The number of ether oxygens (including phenoxy) is 1. The standard InChI is InChI=1S/C18H21N3O4S/c1-13-10-14(20-25-13)12-26-17-15(6-5-7-19-17)18(23)24-11-16(22)21-8-3-2-4-9-21/h5-7,10H,2-4,8-9,11-12H2,1H3. The van der Waals surface area contributed by atoms with Gasteiger partial charge in [0.05, 0.1) is 11.3 Å². The first-order valence-electron chi connectivity index (χ1n) is 8.58. The van der Waals surface area contributed by atoms with E-state index < -0.39 is 5.97 Å². The number of pyridine rings is 1. The smallest absolute Gasteiger partial charge is 0.341 e. The van der Waals surface area contributed by atoms with Crippen LogP contribution in [0.5, 0.6) is 0 Å². The summed E-state index contributed by atoms with van der Waals surface area (Å²) in [6, 6.07) is 5.16. The SMILES string of the molecule is Cc1cc(CSc2ncccc2C(=O)OCC(=O)N2CCCCC2)no1. The van der Waals surface area contributed by atoms with Crippen LogP contribution < -0.4 is 0 Å². The monoisotopic (exact) mass is 375 g/mol. The molecule has 7 nitrogen and oxygen atoms in total. The Hall–Kier alpha value is -2.35. The maximum Gasteiger partial charge on any atom is 0.341 e. The Bertz CT molecular complexity index is 771. The van der Waals surface area contributed by atoms with Gasteiger partial charge in [-0.1, -0.05) is 16.9 Å². The number of piperidine rings is 1. The largest absolute Gasteiger partial charge is 0.452 e. The second kappa shape index (κ2) is 8.84. The van der Waals surface area contributed by atoms with Crippen molar-refractivity contribution in [1.82, 2.24) is 15.0 Å². The van der Waals surface area contributed by atoms with Crippen molar-refractivity contribution < 1.29 is 18.8 Å². The van der Waals surface area contributed by atoms with Crippen LogP contribution in [0.25, 0.3) is 0 Å². The van der Waals surface area contributed by atoms with Gasteiger partial charge in [0.2, 0.25) is 0 Å². The van der Waals surface area contributed by atoms with Crippen LogP contribution in [0.15, 0.2) is 33.9 Å². The molecule has 8 heteroatoms. The summed E-state index contributed by atoms with van der Waals surface area (Å²) in [7, 11) is 0. The Kier molecular flexibility index (Phi) is 6.27. The highest BCUT2D eigenvalue weighted by Gasteiger charge is 2.20. The second-order valence-corrected chi connectivity index (χ2v) is 7.06. The number of carbonyl (C=O) groups is 2. The molecule has 0 atom stereocenters. The number of rotatable bonds is 6. The molecule has 0 spiro atoms. The van der Waals surface area contributed by atoms with E-state index in [1.807, 2.05) is 13.0 Å². The molecule has 0 bridgehead atoms. The third-order valence-electron chi connectivity index (χ3n) is 4.06. The minimum absolute atomic E-state index is 0.144. The number of amides is 1.